The second-order valence-electron chi connectivity index (χ2n) is 8.00. The Labute approximate surface area is 171 Å². The fraction of sp³-hybridized carbons (Fsp3) is 0.409. The number of fused-ring (bicyclic) bond motifs is 1. The molecule has 1 fully saturated rings. The van der Waals surface area contributed by atoms with E-state index in [0.717, 1.165) is 29.3 Å². The quantitative estimate of drug-likeness (QED) is 0.600. The Bertz CT molecular complexity index is 1090. The number of nitrogens with zero attached hydrogens (tertiary/aromatic N) is 2. The van der Waals surface area contributed by atoms with Gasteiger partial charge in [-0.25, -0.2) is 13.1 Å². The maximum Gasteiger partial charge on any atom is 0.214 e. The van der Waals surface area contributed by atoms with Crippen LogP contribution < -0.4 is 9.46 Å². The molecule has 1 heterocycles. The van der Waals surface area contributed by atoms with Crippen LogP contribution in [0, 0.1) is 0 Å². The van der Waals surface area contributed by atoms with E-state index >= 15 is 0 Å². The Kier molecular flexibility index (Phi) is 5.36. The Morgan fingerprint density at radius 2 is 1.83 bits per heavy atom. The zero-order chi connectivity index (χ0) is 20.6. The molecule has 1 aromatic heterocycles. The molecular formula is C22H27N3O3S. The normalized spacial score (nSPS) is 16.8. The highest BCUT2D eigenvalue weighted by Crippen LogP contribution is 2.31. The number of hydrogen-bond donors (Lipinski definition) is 1. The van der Waals surface area contributed by atoms with Crippen molar-refractivity contribution < 1.29 is 13.2 Å². The highest BCUT2D eigenvalue weighted by atomic mass is 32.2. The molecule has 7 heteroatoms. The van der Waals surface area contributed by atoms with Gasteiger partial charge in [0.25, 0.3) is 0 Å². The van der Waals surface area contributed by atoms with E-state index in [1.807, 2.05) is 66.3 Å². The van der Waals surface area contributed by atoms with Crippen molar-refractivity contribution in [3.05, 3.63) is 60.3 Å². The summed E-state index contributed by atoms with van der Waals surface area (Å²) in [7, 11) is -3.32. The molecule has 4 rings (SSSR count). The molecule has 3 aromatic rings. The Morgan fingerprint density at radius 1 is 1.10 bits per heavy atom. The van der Waals surface area contributed by atoms with E-state index in [-0.39, 0.29) is 11.3 Å². The van der Waals surface area contributed by atoms with Gasteiger partial charge >= 0.3 is 0 Å². The van der Waals surface area contributed by atoms with Gasteiger partial charge in [-0.1, -0.05) is 30.3 Å². The van der Waals surface area contributed by atoms with E-state index in [2.05, 4.69) is 23.7 Å². The molecule has 1 aliphatic carbocycles. The van der Waals surface area contributed by atoms with Gasteiger partial charge in [-0.3, -0.25) is 4.68 Å². The van der Waals surface area contributed by atoms with Gasteiger partial charge in [-0.05, 0) is 57.4 Å². The zero-order valence-electron chi connectivity index (χ0n) is 16.9. The van der Waals surface area contributed by atoms with Gasteiger partial charge < -0.3 is 4.74 Å². The lowest BCUT2D eigenvalue weighted by atomic mass is 10.0. The van der Waals surface area contributed by atoms with Gasteiger partial charge in [-0.2, -0.15) is 5.10 Å². The molecule has 0 bridgehead atoms. The Balaban J connectivity index is 1.62. The van der Waals surface area contributed by atoms with Gasteiger partial charge in [0.2, 0.25) is 10.0 Å². The van der Waals surface area contributed by atoms with Crippen molar-refractivity contribution in [3.8, 4) is 5.75 Å². The van der Waals surface area contributed by atoms with Crippen LogP contribution in [0.4, 0.5) is 0 Å². The second-order valence-corrected chi connectivity index (χ2v) is 10.00. The van der Waals surface area contributed by atoms with Crippen LogP contribution in [0.3, 0.4) is 0 Å². The number of benzene rings is 2. The molecular weight excluding hydrogens is 386 g/mol. The van der Waals surface area contributed by atoms with Crippen molar-refractivity contribution in [1.29, 1.82) is 0 Å². The number of sulfonamides is 1. The van der Waals surface area contributed by atoms with E-state index in [0.29, 0.717) is 5.75 Å². The maximum atomic E-state index is 12.5. The molecule has 1 saturated carbocycles. The highest BCUT2D eigenvalue weighted by molar-refractivity contribution is 7.90. The molecule has 0 radical (unpaired) electrons. The number of rotatable bonds is 8. The van der Waals surface area contributed by atoms with E-state index in [1.54, 1.807) is 0 Å². The summed E-state index contributed by atoms with van der Waals surface area (Å²) in [5.74, 6) is 0.687. The third-order valence-corrected chi connectivity index (χ3v) is 7.26. The van der Waals surface area contributed by atoms with Crippen molar-refractivity contribution >= 4 is 20.9 Å². The van der Waals surface area contributed by atoms with Gasteiger partial charge in [0.1, 0.15) is 11.9 Å². The third kappa shape index (κ3) is 4.31. The summed E-state index contributed by atoms with van der Waals surface area (Å²) in [6.45, 7) is 6.04. The number of ether oxygens (including phenoxy) is 1. The number of aromatic nitrogens is 2. The molecule has 2 aromatic carbocycles. The van der Waals surface area contributed by atoms with Crippen molar-refractivity contribution in [2.24, 2.45) is 0 Å². The Hall–Kier alpha value is -2.38. The van der Waals surface area contributed by atoms with Crippen LogP contribution >= 0.6 is 0 Å². The van der Waals surface area contributed by atoms with Gasteiger partial charge in [0.15, 0.2) is 0 Å². The lowest BCUT2D eigenvalue weighted by Crippen LogP contribution is -2.40. The standard InChI is InChI=1S/C22H27N3O3S/c1-15(2)25-21-12-9-19(13-18(21)14-23-25)28-22(17-7-5-4-6-8-17)16(3)24-29(26,27)20-10-11-20/h4-9,12-16,20,22,24H,10-11H2,1-3H3. The highest BCUT2D eigenvalue weighted by Gasteiger charge is 2.38. The third-order valence-electron chi connectivity index (χ3n) is 5.21. The minimum atomic E-state index is -3.32. The fourth-order valence-corrected chi connectivity index (χ4v) is 5.15. The van der Waals surface area contributed by atoms with Crippen LogP contribution in [0.2, 0.25) is 0 Å². The molecule has 29 heavy (non-hydrogen) atoms. The lowest BCUT2D eigenvalue weighted by Gasteiger charge is -2.26. The zero-order valence-corrected chi connectivity index (χ0v) is 17.8. The van der Waals surface area contributed by atoms with Crippen LogP contribution in [0.5, 0.6) is 5.75 Å². The number of hydrogen-bond acceptors (Lipinski definition) is 4. The maximum absolute atomic E-state index is 12.5. The van der Waals surface area contributed by atoms with Crippen LogP contribution in [0.15, 0.2) is 54.7 Å². The molecule has 6 nitrogen and oxygen atoms in total. The van der Waals surface area contributed by atoms with Crippen LogP contribution in [0.25, 0.3) is 10.9 Å². The molecule has 0 amide bonds. The summed E-state index contributed by atoms with van der Waals surface area (Å²) >= 11 is 0. The van der Waals surface area contributed by atoms with Crippen LogP contribution in [0.1, 0.15) is 51.3 Å². The first-order chi connectivity index (χ1) is 13.8. The van der Waals surface area contributed by atoms with Crippen molar-refractivity contribution in [2.75, 3.05) is 0 Å². The topological polar surface area (TPSA) is 73.2 Å². The molecule has 0 saturated heterocycles. The van der Waals surface area contributed by atoms with E-state index in [4.69, 9.17) is 4.74 Å². The first kappa shape index (κ1) is 19.9. The summed E-state index contributed by atoms with van der Waals surface area (Å²) in [5.41, 5.74) is 1.97. The van der Waals surface area contributed by atoms with E-state index in [9.17, 15) is 8.42 Å². The summed E-state index contributed by atoms with van der Waals surface area (Å²) in [4.78, 5) is 0. The summed E-state index contributed by atoms with van der Waals surface area (Å²) < 4.78 is 36.0. The molecule has 154 valence electrons. The monoisotopic (exact) mass is 413 g/mol. The first-order valence-corrected chi connectivity index (χ1v) is 11.6. The molecule has 1 aliphatic rings. The van der Waals surface area contributed by atoms with Crippen molar-refractivity contribution in [1.82, 2.24) is 14.5 Å². The Morgan fingerprint density at radius 3 is 2.48 bits per heavy atom. The van der Waals surface area contributed by atoms with Crippen LogP contribution in [-0.4, -0.2) is 29.5 Å². The SMILES string of the molecule is CC(NS(=O)(=O)C1CC1)C(Oc1ccc2c(cnn2C(C)C)c1)c1ccccc1. The fourth-order valence-electron chi connectivity index (χ4n) is 3.56. The number of nitrogens with one attached hydrogen (secondary N) is 1. The molecule has 1 N–H and O–H groups in total. The summed E-state index contributed by atoms with van der Waals surface area (Å²) in [6, 6.07) is 15.5. The van der Waals surface area contributed by atoms with Gasteiger partial charge in [0, 0.05) is 11.4 Å². The average Bonchev–Trinajstić information content (AvgIpc) is 3.47. The largest absolute Gasteiger partial charge is 0.484 e. The summed E-state index contributed by atoms with van der Waals surface area (Å²) in [6.07, 6.45) is 2.85. The molecule has 2 atom stereocenters. The predicted molar refractivity (Wildman–Crippen MR) is 114 cm³/mol. The van der Waals surface area contributed by atoms with Gasteiger partial charge in [-0.15, -0.1) is 0 Å². The first-order valence-electron chi connectivity index (χ1n) is 10.0. The molecule has 0 aliphatic heterocycles. The average molecular weight is 414 g/mol. The van der Waals surface area contributed by atoms with Crippen LogP contribution in [-0.2, 0) is 10.0 Å². The van der Waals surface area contributed by atoms with Gasteiger partial charge in [0.05, 0.1) is 23.0 Å². The predicted octanol–water partition coefficient (Wildman–Crippen LogP) is 4.21. The molecule has 2 unspecified atom stereocenters. The lowest BCUT2D eigenvalue weighted by molar-refractivity contribution is 0.173. The van der Waals surface area contributed by atoms with Crippen molar-refractivity contribution in [2.45, 2.75) is 57.1 Å². The summed E-state index contributed by atoms with van der Waals surface area (Å²) in [5, 5.41) is 5.18. The smallest absolute Gasteiger partial charge is 0.214 e. The molecule has 0 spiro atoms. The minimum Gasteiger partial charge on any atom is -0.484 e. The van der Waals surface area contributed by atoms with E-state index in [1.165, 1.54) is 0 Å². The van der Waals surface area contributed by atoms with E-state index < -0.39 is 22.2 Å². The van der Waals surface area contributed by atoms with Crippen molar-refractivity contribution in [3.63, 3.8) is 0 Å². The second kappa shape index (κ2) is 7.80. The minimum absolute atomic E-state index is 0.264.